The van der Waals surface area contributed by atoms with Crippen LogP contribution in [-0.4, -0.2) is 29.8 Å². The number of ketones is 1. The Morgan fingerprint density at radius 3 is 2.43 bits per heavy atom. The number of Topliss-reactive ketones (excluding diaryl/α,β-unsaturated/α-hetero) is 1. The number of likely N-dealkylation sites (tertiary alicyclic amines) is 1. The van der Waals surface area contributed by atoms with Crippen molar-refractivity contribution in [1.29, 1.82) is 0 Å². The Labute approximate surface area is 86.7 Å². The maximum atomic E-state index is 11.2. The van der Waals surface area contributed by atoms with Crippen LogP contribution in [0.1, 0.15) is 46.0 Å². The van der Waals surface area contributed by atoms with Gasteiger partial charge in [0.25, 0.3) is 0 Å². The number of carbonyl (C=O) groups is 1. The summed E-state index contributed by atoms with van der Waals surface area (Å²) in [4.78, 5) is 13.7. The van der Waals surface area contributed by atoms with Gasteiger partial charge in [-0.05, 0) is 24.7 Å². The van der Waals surface area contributed by atoms with Crippen molar-refractivity contribution in [2.45, 2.75) is 52.0 Å². The Morgan fingerprint density at radius 1 is 1.36 bits per heavy atom. The lowest BCUT2D eigenvalue weighted by Gasteiger charge is -2.52. The molecular formula is C12H21NO. The average molecular weight is 195 g/mol. The molecule has 14 heavy (non-hydrogen) atoms. The van der Waals surface area contributed by atoms with Gasteiger partial charge in [0.05, 0.1) is 0 Å². The van der Waals surface area contributed by atoms with Gasteiger partial charge >= 0.3 is 0 Å². The number of nitrogens with zero attached hydrogens (tertiary/aromatic N) is 1. The molecule has 0 aromatic rings. The summed E-state index contributed by atoms with van der Waals surface area (Å²) >= 11 is 0. The van der Waals surface area contributed by atoms with E-state index in [-0.39, 0.29) is 0 Å². The third-order valence-electron chi connectivity index (χ3n) is 4.31. The lowest BCUT2D eigenvalue weighted by atomic mass is 9.74. The van der Waals surface area contributed by atoms with Crippen LogP contribution in [-0.2, 0) is 4.79 Å². The molecule has 2 aliphatic rings. The predicted molar refractivity (Wildman–Crippen MR) is 57.2 cm³/mol. The fourth-order valence-electron chi connectivity index (χ4n) is 2.88. The van der Waals surface area contributed by atoms with Gasteiger partial charge in [-0.3, -0.25) is 9.69 Å². The predicted octanol–water partition coefficient (Wildman–Crippen LogP) is 2.23. The largest absolute Gasteiger partial charge is 0.300 e. The van der Waals surface area contributed by atoms with Crippen LogP contribution in [0.25, 0.3) is 0 Å². The van der Waals surface area contributed by atoms with Gasteiger partial charge in [0.15, 0.2) is 0 Å². The Hall–Kier alpha value is -0.370. The van der Waals surface area contributed by atoms with Crippen molar-refractivity contribution in [2.75, 3.05) is 13.1 Å². The molecular weight excluding hydrogens is 174 g/mol. The SMILES string of the molecule is CCC1(CC)CN(C2CCC(=O)C2)C1. The van der Waals surface area contributed by atoms with Crippen molar-refractivity contribution in [1.82, 2.24) is 4.90 Å². The fourth-order valence-corrected chi connectivity index (χ4v) is 2.88. The first-order valence-corrected chi connectivity index (χ1v) is 5.95. The van der Waals surface area contributed by atoms with Crippen molar-refractivity contribution >= 4 is 5.78 Å². The summed E-state index contributed by atoms with van der Waals surface area (Å²) in [6.45, 7) is 7.05. The molecule has 0 bridgehead atoms. The Balaban J connectivity index is 1.85. The van der Waals surface area contributed by atoms with Gasteiger partial charge in [-0.25, -0.2) is 0 Å². The van der Waals surface area contributed by atoms with Crippen LogP contribution in [0.5, 0.6) is 0 Å². The quantitative estimate of drug-likeness (QED) is 0.688. The standard InChI is InChI=1S/C12H21NO/c1-3-12(4-2)8-13(9-12)10-5-6-11(14)7-10/h10H,3-9H2,1-2H3. The molecule has 0 radical (unpaired) electrons. The second kappa shape index (κ2) is 3.65. The summed E-state index contributed by atoms with van der Waals surface area (Å²) in [5.41, 5.74) is 0.589. The Morgan fingerprint density at radius 2 is 2.00 bits per heavy atom. The van der Waals surface area contributed by atoms with Gasteiger partial charge in [-0.2, -0.15) is 0 Å². The van der Waals surface area contributed by atoms with Crippen LogP contribution < -0.4 is 0 Å². The molecule has 1 aliphatic heterocycles. The fraction of sp³-hybridized carbons (Fsp3) is 0.917. The maximum absolute atomic E-state index is 11.2. The van der Waals surface area contributed by atoms with E-state index in [1.807, 2.05) is 0 Å². The highest BCUT2D eigenvalue weighted by molar-refractivity contribution is 5.81. The first-order chi connectivity index (χ1) is 6.69. The average Bonchev–Trinajstić information content (AvgIpc) is 2.52. The van der Waals surface area contributed by atoms with E-state index in [0.29, 0.717) is 17.2 Å². The summed E-state index contributed by atoms with van der Waals surface area (Å²) in [5, 5.41) is 0. The van der Waals surface area contributed by atoms with Crippen molar-refractivity contribution in [3.8, 4) is 0 Å². The molecule has 2 rings (SSSR count). The maximum Gasteiger partial charge on any atom is 0.134 e. The zero-order chi connectivity index (χ0) is 10.2. The van der Waals surface area contributed by atoms with Crippen molar-refractivity contribution in [3.05, 3.63) is 0 Å². The van der Waals surface area contributed by atoms with Gasteiger partial charge in [-0.1, -0.05) is 13.8 Å². The van der Waals surface area contributed by atoms with E-state index in [1.165, 1.54) is 25.9 Å². The third-order valence-corrected chi connectivity index (χ3v) is 4.31. The highest BCUT2D eigenvalue weighted by Gasteiger charge is 2.44. The summed E-state index contributed by atoms with van der Waals surface area (Å²) in [6.07, 6.45) is 5.35. The molecule has 1 saturated carbocycles. The van der Waals surface area contributed by atoms with Crippen LogP contribution in [0.2, 0.25) is 0 Å². The molecule has 2 nitrogen and oxygen atoms in total. The van der Waals surface area contributed by atoms with E-state index in [0.717, 1.165) is 19.3 Å². The van der Waals surface area contributed by atoms with E-state index in [4.69, 9.17) is 0 Å². The molecule has 2 heteroatoms. The first-order valence-electron chi connectivity index (χ1n) is 5.95. The van der Waals surface area contributed by atoms with E-state index >= 15 is 0 Å². The molecule has 0 N–H and O–H groups in total. The number of hydrogen-bond donors (Lipinski definition) is 0. The summed E-state index contributed by atoms with van der Waals surface area (Å²) in [7, 11) is 0. The van der Waals surface area contributed by atoms with Gasteiger partial charge < -0.3 is 0 Å². The smallest absolute Gasteiger partial charge is 0.134 e. The molecule has 0 amide bonds. The lowest BCUT2D eigenvalue weighted by Crippen LogP contribution is -2.58. The third kappa shape index (κ3) is 1.60. The summed E-state index contributed by atoms with van der Waals surface area (Å²) in [6, 6.07) is 0.591. The Bertz CT molecular complexity index is 224. The topological polar surface area (TPSA) is 20.3 Å². The Kier molecular flexibility index (Phi) is 2.65. The van der Waals surface area contributed by atoms with Gasteiger partial charge in [-0.15, -0.1) is 0 Å². The minimum Gasteiger partial charge on any atom is -0.300 e. The highest BCUT2D eigenvalue weighted by atomic mass is 16.1. The van der Waals surface area contributed by atoms with Crippen LogP contribution >= 0.6 is 0 Å². The van der Waals surface area contributed by atoms with E-state index in [1.54, 1.807) is 0 Å². The number of carbonyl (C=O) groups excluding carboxylic acids is 1. The summed E-state index contributed by atoms with van der Waals surface area (Å²) in [5.74, 6) is 0.473. The van der Waals surface area contributed by atoms with Gasteiger partial charge in [0, 0.05) is 32.0 Å². The number of rotatable bonds is 3. The lowest BCUT2D eigenvalue weighted by molar-refractivity contribution is -0.118. The van der Waals surface area contributed by atoms with Crippen LogP contribution in [0.4, 0.5) is 0 Å². The molecule has 80 valence electrons. The first kappa shape index (κ1) is 10.2. The van der Waals surface area contributed by atoms with Crippen LogP contribution in [0.15, 0.2) is 0 Å². The molecule has 1 heterocycles. The molecule has 1 aliphatic carbocycles. The van der Waals surface area contributed by atoms with E-state index < -0.39 is 0 Å². The molecule has 1 atom stereocenters. The normalized spacial score (nSPS) is 31.9. The van der Waals surface area contributed by atoms with Gasteiger partial charge in [0.1, 0.15) is 5.78 Å². The zero-order valence-electron chi connectivity index (χ0n) is 9.38. The van der Waals surface area contributed by atoms with Crippen molar-refractivity contribution < 1.29 is 4.79 Å². The van der Waals surface area contributed by atoms with Crippen LogP contribution in [0, 0.1) is 5.41 Å². The molecule has 1 unspecified atom stereocenters. The molecule has 1 saturated heterocycles. The summed E-state index contributed by atoms with van der Waals surface area (Å²) < 4.78 is 0. The van der Waals surface area contributed by atoms with Crippen molar-refractivity contribution in [2.24, 2.45) is 5.41 Å². The highest BCUT2D eigenvalue weighted by Crippen LogP contribution is 2.40. The second-order valence-corrected chi connectivity index (χ2v) is 5.05. The van der Waals surface area contributed by atoms with E-state index in [9.17, 15) is 4.79 Å². The monoisotopic (exact) mass is 195 g/mol. The molecule has 2 fully saturated rings. The molecule has 0 aromatic heterocycles. The minimum atomic E-state index is 0.473. The molecule has 0 spiro atoms. The van der Waals surface area contributed by atoms with Crippen LogP contribution in [0.3, 0.4) is 0 Å². The minimum absolute atomic E-state index is 0.473. The van der Waals surface area contributed by atoms with Gasteiger partial charge in [0.2, 0.25) is 0 Å². The molecule has 0 aromatic carbocycles. The van der Waals surface area contributed by atoms with E-state index in [2.05, 4.69) is 18.7 Å². The zero-order valence-corrected chi connectivity index (χ0v) is 9.38. The number of hydrogen-bond acceptors (Lipinski definition) is 2. The van der Waals surface area contributed by atoms with Crippen molar-refractivity contribution in [3.63, 3.8) is 0 Å². The second-order valence-electron chi connectivity index (χ2n) is 5.05.